The molecule has 3 N–H and O–H groups in total. The van der Waals surface area contributed by atoms with E-state index in [2.05, 4.69) is 22.8 Å². The van der Waals surface area contributed by atoms with E-state index in [0.717, 1.165) is 22.3 Å². The number of benzene rings is 2. The molecule has 0 aliphatic heterocycles. The molecule has 1 aliphatic carbocycles. The Balaban J connectivity index is 1.67. The summed E-state index contributed by atoms with van der Waals surface area (Å²) in [5, 5.41) is 14.6. The van der Waals surface area contributed by atoms with E-state index in [9.17, 15) is 19.5 Å². The first-order valence-corrected chi connectivity index (χ1v) is 11.3. The molecule has 1 aliphatic rings. The minimum absolute atomic E-state index is 0.0853. The third kappa shape index (κ3) is 5.72. The smallest absolute Gasteiger partial charge is 0.407 e. The normalized spacial score (nSPS) is 14.4. The van der Waals surface area contributed by atoms with E-state index in [0.29, 0.717) is 6.42 Å². The Kier molecular flexibility index (Phi) is 7.74. The summed E-state index contributed by atoms with van der Waals surface area (Å²) < 4.78 is 5.56. The molecule has 1 unspecified atom stereocenters. The topological polar surface area (TPSA) is 105 Å². The zero-order chi connectivity index (χ0) is 24.1. The maximum atomic E-state index is 12.8. The number of fused-ring (bicyclic) bond motifs is 3. The average molecular weight is 453 g/mol. The lowest BCUT2D eigenvalue weighted by Crippen LogP contribution is -2.53. The third-order valence-electron chi connectivity index (χ3n) is 5.89. The summed E-state index contributed by atoms with van der Waals surface area (Å²) in [4.78, 5) is 36.9. The second-order valence-corrected chi connectivity index (χ2v) is 9.22. The molecule has 3 rings (SSSR count). The van der Waals surface area contributed by atoms with Gasteiger partial charge in [0.15, 0.2) is 0 Å². The molecule has 2 aromatic rings. The average Bonchev–Trinajstić information content (AvgIpc) is 3.08. The van der Waals surface area contributed by atoms with Crippen molar-refractivity contribution in [3.8, 4) is 11.1 Å². The first-order valence-electron chi connectivity index (χ1n) is 11.3. The van der Waals surface area contributed by atoms with Gasteiger partial charge in [0, 0.05) is 5.92 Å². The van der Waals surface area contributed by atoms with Crippen LogP contribution in [0.3, 0.4) is 0 Å². The fraction of sp³-hybridized carbons (Fsp3) is 0.423. The zero-order valence-electron chi connectivity index (χ0n) is 19.5. The molecule has 0 spiro atoms. The Morgan fingerprint density at radius 1 is 0.909 bits per heavy atom. The Hall–Kier alpha value is -3.35. The Bertz CT molecular complexity index is 972. The molecule has 2 aromatic carbocycles. The largest absolute Gasteiger partial charge is 0.480 e. The molecule has 0 radical (unpaired) electrons. The molecule has 2 atom stereocenters. The van der Waals surface area contributed by atoms with Crippen LogP contribution in [0.4, 0.5) is 4.79 Å². The number of nitrogens with one attached hydrogen (secondary N) is 2. The Morgan fingerprint density at radius 3 is 1.94 bits per heavy atom. The third-order valence-corrected chi connectivity index (χ3v) is 5.89. The molecular weight excluding hydrogens is 420 g/mol. The number of carbonyl (C=O) groups is 3. The monoisotopic (exact) mass is 452 g/mol. The van der Waals surface area contributed by atoms with E-state index in [1.807, 2.05) is 50.2 Å². The Labute approximate surface area is 194 Å². The van der Waals surface area contributed by atoms with Crippen molar-refractivity contribution in [2.24, 2.45) is 11.8 Å². The van der Waals surface area contributed by atoms with Crippen molar-refractivity contribution in [1.29, 1.82) is 0 Å². The summed E-state index contributed by atoms with van der Waals surface area (Å²) in [5.74, 6) is -1.91. The van der Waals surface area contributed by atoms with Crippen LogP contribution in [0.2, 0.25) is 0 Å². The predicted molar refractivity (Wildman–Crippen MR) is 126 cm³/mol. The van der Waals surface area contributed by atoms with E-state index >= 15 is 0 Å². The molecule has 0 heterocycles. The number of amides is 2. The van der Waals surface area contributed by atoms with E-state index < -0.39 is 30.1 Å². The molecule has 0 bridgehead atoms. The molecule has 7 heteroatoms. The fourth-order valence-corrected chi connectivity index (χ4v) is 4.25. The van der Waals surface area contributed by atoms with Gasteiger partial charge in [0.2, 0.25) is 5.91 Å². The van der Waals surface area contributed by atoms with Gasteiger partial charge in [-0.1, -0.05) is 76.2 Å². The molecule has 0 saturated heterocycles. The van der Waals surface area contributed by atoms with Crippen molar-refractivity contribution in [1.82, 2.24) is 10.6 Å². The van der Waals surface area contributed by atoms with Crippen molar-refractivity contribution < 1.29 is 24.2 Å². The lowest BCUT2D eigenvalue weighted by molar-refractivity contribution is -0.143. The van der Waals surface area contributed by atoms with Crippen LogP contribution in [0.1, 0.15) is 51.2 Å². The highest BCUT2D eigenvalue weighted by Gasteiger charge is 2.31. The van der Waals surface area contributed by atoms with Crippen LogP contribution < -0.4 is 10.6 Å². The summed E-state index contributed by atoms with van der Waals surface area (Å²) in [6, 6.07) is 14.2. The number of carbonyl (C=O) groups excluding carboxylic acids is 2. The van der Waals surface area contributed by atoms with Gasteiger partial charge < -0.3 is 20.5 Å². The van der Waals surface area contributed by atoms with Crippen LogP contribution in [0, 0.1) is 11.8 Å². The van der Waals surface area contributed by atoms with Gasteiger partial charge in [-0.3, -0.25) is 4.79 Å². The van der Waals surface area contributed by atoms with Crippen molar-refractivity contribution >= 4 is 18.0 Å². The molecule has 0 aromatic heterocycles. The number of ether oxygens (including phenoxy) is 1. The van der Waals surface area contributed by atoms with Gasteiger partial charge in [0.05, 0.1) is 0 Å². The lowest BCUT2D eigenvalue weighted by atomic mass is 9.98. The minimum Gasteiger partial charge on any atom is -0.480 e. The molecule has 2 amide bonds. The highest BCUT2D eigenvalue weighted by atomic mass is 16.5. The van der Waals surface area contributed by atoms with Crippen molar-refractivity contribution in [3.63, 3.8) is 0 Å². The van der Waals surface area contributed by atoms with Crippen LogP contribution in [0.5, 0.6) is 0 Å². The van der Waals surface area contributed by atoms with Crippen LogP contribution >= 0.6 is 0 Å². The van der Waals surface area contributed by atoms with Crippen LogP contribution in [-0.4, -0.2) is 41.8 Å². The van der Waals surface area contributed by atoms with Gasteiger partial charge in [-0.15, -0.1) is 0 Å². The molecule has 176 valence electrons. The number of rotatable bonds is 9. The van der Waals surface area contributed by atoms with E-state index in [1.54, 1.807) is 13.8 Å². The highest BCUT2D eigenvalue weighted by Crippen LogP contribution is 2.44. The second kappa shape index (κ2) is 10.5. The van der Waals surface area contributed by atoms with Gasteiger partial charge in [-0.05, 0) is 40.5 Å². The number of carboxylic acids is 1. The van der Waals surface area contributed by atoms with Crippen LogP contribution in [0.15, 0.2) is 48.5 Å². The van der Waals surface area contributed by atoms with E-state index in [1.165, 1.54) is 0 Å². The SMILES string of the molecule is CC(C)C[C@H](NC(=O)OCC1c2ccccc2-c2ccccc21)C(=O)NC(C(=O)O)C(C)C. The summed E-state index contributed by atoms with van der Waals surface area (Å²) in [5.41, 5.74) is 4.47. The van der Waals surface area contributed by atoms with Gasteiger partial charge in [0.25, 0.3) is 0 Å². The van der Waals surface area contributed by atoms with E-state index in [4.69, 9.17) is 4.74 Å². The number of carboxylic acid groups (broad SMARTS) is 1. The number of hydrogen-bond donors (Lipinski definition) is 3. The van der Waals surface area contributed by atoms with Gasteiger partial charge in [-0.25, -0.2) is 9.59 Å². The van der Waals surface area contributed by atoms with Gasteiger partial charge in [0.1, 0.15) is 18.7 Å². The summed E-state index contributed by atoms with van der Waals surface area (Å²) in [6.07, 6.45) is -0.338. The lowest BCUT2D eigenvalue weighted by Gasteiger charge is -2.24. The van der Waals surface area contributed by atoms with Crippen molar-refractivity contribution in [3.05, 3.63) is 59.7 Å². The number of aliphatic carboxylic acids is 1. The van der Waals surface area contributed by atoms with Gasteiger partial charge in [-0.2, -0.15) is 0 Å². The standard InChI is InChI=1S/C26H32N2O5/c1-15(2)13-22(24(29)28-23(16(3)4)25(30)31)27-26(32)33-14-21-19-11-7-5-9-17(19)18-10-6-8-12-20(18)21/h5-12,15-16,21-23H,13-14H2,1-4H3,(H,27,32)(H,28,29)(H,30,31)/t22-,23?/m0/s1. The first-order chi connectivity index (χ1) is 15.7. The van der Waals surface area contributed by atoms with Crippen LogP contribution in [-0.2, 0) is 14.3 Å². The number of hydrogen-bond acceptors (Lipinski definition) is 4. The quantitative estimate of drug-likeness (QED) is 0.530. The Morgan fingerprint density at radius 2 is 1.45 bits per heavy atom. The summed E-state index contributed by atoms with van der Waals surface area (Å²) >= 11 is 0. The van der Waals surface area contributed by atoms with Crippen molar-refractivity contribution in [2.75, 3.05) is 6.61 Å². The maximum absolute atomic E-state index is 12.8. The van der Waals surface area contributed by atoms with E-state index in [-0.39, 0.29) is 24.4 Å². The predicted octanol–water partition coefficient (Wildman–Crippen LogP) is 4.17. The summed E-state index contributed by atoms with van der Waals surface area (Å²) in [7, 11) is 0. The van der Waals surface area contributed by atoms with Crippen molar-refractivity contribution in [2.45, 2.75) is 52.1 Å². The number of alkyl carbamates (subject to hydrolysis) is 1. The van der Waals surface area contributed by atoms with Gasteiger partial charge >= 0.3 is 12.1 Å². The highest BCUT2D eigenvalue weighted by molar-refractivity contribution is 5.89. The summed E-state index contributed by atoms with van der Waals surface area (Å²) in [6.45, 7) is 7.43. The first kappa shape index (κ1) is 24.3. The minimum atomic E-state index is -1.11. The molecule has 0 saturated carbocycles. The zero-order valence-corrected chi connectivity index (χ0v) is 19.5. The second-order valence-electron chi connectivity index (χ2n) is 9.22. The molecule has 0 fully saturated rings. The fourth-order valence-electron chi connectivity index (χ4n) is 4.25. The molecular formula is C26H32N2O5. The van der Waals surface area contributed by atoms with Crippen LogP contribution in [0.25, 0.3) is 11.1 Å². The molecule has 7 nitrogen and oxygen atoms in total. The maximum Gasteiger partial charge on any atom is 0.407 e. The molecule has 33 heavy (non-hydrogen) atoms.